The van der Waals surface area contributed by atoms with Crippen LogP contribution in [-0.4, -0.2) is 25.5 Å². The molecule has 0 aliphatic heterocycles. The van der Waals surface area contributed by atoms with Gasteiger partial charge in [-0.05, 0) is 44.2 Å². The van der Waals surface area contributed by atoms with Gasteiger partial charge in [-0.1, -0.05) is 0 Å². The van der Waals surface area contributed by atoms with Gasteiger partial charge in [0.25, 0.3) is 5.91 Å². The smallest absolute Gasteiger partial charge is 0.255 e. The highest BCUT2D eigenvalue weighted by Crippen LogP contribution is 2.19. The molecule has 6 heteroatoms. The van der Waals surface area contributed by atoms with Gasteiger partial charge >= 0.3 is 0 Å². The molecule has 0 saturated heterocycles. The molecule has 2 aromatic heterocycles. The van der Waals surface area contributed by atoms with Crippen LogP contribution < -0.4 is 5.32 Å². The topological polar surface area (TPSA) is 64.7 Å². The van der Waals surface area contributed by atoms with E-state index >= 15 is 0 Å². The van der Waals surface area contributed by atoms with Crippen molar-refractivity contribution in [3.8, 4) is 5.69 Å². The third-order valence-corrected chi connectivity index (χ3v) is 3.65. The Balaban J connectivity index is 1.81. The first-order chi connectivity index (χ1) is 10.6. The van der Waals surface area contributed by atoms with Crippen molar-refractivity contribution in [1.82, 2.24) is 19.6 Å². The minimum absolute atomic E-state index is 0.147. The largest absolute Gasteiger partial charge is 0.319 e. The van der Waals surface area contributed by atoms with E-state index in [4.69, 9.17) is 0 Å². The lowest BCUT2D eigenvalue weighted by Gasteiger charge is -2.07. The van der Waals surface area contributed by atoms with Crippen molar-refractivity contribution in [2.45, 2.75) is 13.8 Å². The van der Waals surface area contributed by atoms with E-state index in [1.54, 1.807) is 27.7 Å². The molecule has 2 heterocycles. The van der Waals surface area contributed by atoms with Crippen molar-refractivity contribution in [3.05, 3.63) is 59.7 Å². The minimum Gasteiger partial charge on any atom is -0.319 e. The molecule has 0 atom stereocenters. The van der Waals surface area contributed by atoms with E-state index in [0.717, 1.165) is 22.8 Å². The first-order valence-electron chi connectivity index (χ1n) is 6.98. The predicted molar refractivity (Wildman–Crippen MR) is 84.2 cm³/mol. The second kappa shape index (κ2) is 5.48. The molecule has 0 bridgehead atoms. The fourth-order valence-corrected chi connectivity index (χ4v) is 2.33. The summed E-state index contributed by atoms with van der Waals surface area (Å²) in [5, 5.41) is 11.4. The molecule has 3 rings (SSSR count). The third-order valence-electron chi connectivity index (χ3n) is 3.65. The van der Waals surface area contributed by atoms with Crippen LogP contribution in [0.15, 0.2) is 42.7 Å². The van der Waals surface area contributed by atoms with E-state index in [1.165, 1.54) is 0 Å². The summed E-state index contributed by atoms with van der Waals surface area (Å²) in [5.41, 5.74) is 4.01. The van der Waals surface area contributed by atoms with E-state index in [2.05, 4.69) is 15.5 Å². The maximum atomic E-state index is 12.4. The Hall–Kier alpha value is -2.89. The molecule has 0 radical (unpaired) electrons. The van der Waals surface area contributed by atoms with Gasteiger partial charge in [-0.2, -0.15) is 10.2 Å². The molecule has 0 aliphatic carbocycles. The molecular formula is C16H17N5O. The van der Waals surface area contributed by atoms with Crippen molar-refractivity contribution >= 4 is 11.6 Å². The van der Waals surface area contributed by atoms with E-state index in [1.807, 2.05) is 45.3 Å². The number of hydrogen-bond acceptors (Lipinski definition) is 3. The van der Waals surface area contributed by atoms with Crippen LogP contribution in [0.1, 0.15) is 21.7 Å². The summed E-state index contributed by atoms with van der Waals surface area (Å²) >= 11 is 0. The van der Waals surface area contributed by atoms with Crippen LogP contribution in [0.5, 0.6) is 0 Å². The van der Waals surface area contributed by atoms with Crippen molar-refractivity contribution in [3.63, 3.8) is 0 Å². The van der Waals surface area contributed by atoms with Gasteiger partial charge in [-0.25, -0.2) is 4.68 Å². The Labute approximate surface area is 128 Å². The van der Waals surface area contributed by atoms with Crippen LogP contribution in [0.25, 0.3) is 5.69 Å². The number of rotatable bonds is 3. The monoisotopic (exact) mass is 295 g/mol. The summed E-state index contributed by atoms with van der Waals surface area (Å²) in [6.45, 7) is 3.81. The lowest BCUT2D eigenvalue weighted by atomic mass is 10.2. The molecule has 0 spiro atoms. The number of carbonyl (C=O) groups excluding carboxylic acids is 1. The summed E-state index contributed by atoms with van der Waals surface area (Å²) in [7, 11) is 1.86. The Kier molecular flexibility index (Phi) is 3.50. The summed E-state index contributed by atoms with van der Waals surface area (Å²) < 4.78 is 3.50. The number of benzene rings is 1. The second-order valence-corrected chi connectivity index (χ2v) is 5.12. The van der Waals surface area contributed by atoms with Gasteiger partial charge in [0.15, 0.2) is 0 Å². The molecule has 1 aromatic carbocycles. The molecule has 0 fully saturated rings. The average Bonchev–Trinajstić information content (AvgIpc) is 3.12. The van der Waals surface area contributed by atoms with Gasteiger partial charge in [-0.3, -0.25) is 9.48 Å². The lowest BCUT2D eigenvalue weighted by Crippen LogP contribution is -2.13. The molecular weight excluding hydrogens is 278 g/mol. The summed E-state index contributed by atoms with van der Waals surface area (Å²) in [6, 6.07) is 9.16. The van der Waals surface area contributed by atoms with Crippen LogP contribution in [0, 0.1) is 13.8 Å². The Bertz CT molecular complexity index is 800. The number of aromatic nitrogens is 4. The van der Waals surface area contributed by atoms with Crippen LogP contribution in [0.4, 0.5) is 5.69 Å². The second-order valence-electron chi connectivity index (χ2n) is 5.12. The van der Waals surface area contributed by atoms with Gasteiger partial charge in [0, 0.05) is 25.0 Å². The first kappa shape index (κ1) is 14.1. The summed E-state index contributed by atoms with van der Waals surface area (Å²) in [4.78, 5) is 12.4. The number of carbonyl (C=O) groups is 1. The molecule has 22 heavy (non-hydrogen) atoms. The Morgan fingerprint density at radius 3 is 2.45 bits per heavy atom. The number of aryl methyl sites for hydroxylation is 2. The Morgan fingerprint density at radius 2 is 1.91 bits per heavy atom. The highest BCUT2D eigenvalue weighted by molar-refractivity contribution is 6.04. The summed E-state index contributed by atoms with van der Waals surface area (Å²) in [5.74, 6) is -0.147. The maximum Gasteiger partial charge on any atom is 0.255 e. The quantitative estimate of drug-likeness (QED) is 0.807. The molecule has 1 amide bonds. The van der Waals surface area contributed by atoms with Crippen LogP contribution in [-0.2, 0) is 7.05 Å². The number of nitrogens with one attached hydrogen (secondary N) is 1. The zero-order valence-corrected chi connectivity index (χ0v) is 12.7. The average molecular weight is 295 g/mol. The van der Waals surface area contributed by atoms with Gasteiger partial charge in [0.05, 0.1) is 22.8 Å². The SMILES string of the molecule is Cc1nn(C)c(C)c1NC(=O)c1ccc(-n2cccn2)cc1. The van der Waals surface area contributed by atoms with E-state index < -0.39 is 0 Å². The van der Waals surface area contributed by atoms with Gasteiger partial charge in [0.2, 0.25) is 0 Å². The fraction of sp³-hybridized carbons (Fsp3) is 0.188. The normalized spacial score (nSPS) is 10.7. The summed E-state index contributed by atoms with van der Waals surface area (Å²) in [6.07, 6.45) is 3.58. The van der Waals surface area contributed by atoms with Gasteiger partial charge in [0.1, 0.15) is 0 Å². The molecule has 0 aliphatic rings. The molecule has 1 N–H and O–H groups in total. The van der Waals surface area contributed by atoms with Crippen molar-refractivity contribution in [2.24, 2.45) is 7.05 Å². The zero-order valence-electron chi connectivity index (χ0n) is 12.7. The number of hydrogen-bond donors (Lipinski definition) is 1. The molecule has 6 nitrogen and oxygen atoms in total. The molecule has 0 saturated carbocycles. The maximum absolute atomic E-state index is 12.4. The van der Waals surface area contributed by atoms with E-state index in [-0.39, 0.29) is 5.91 Å². The van der Waals surface area contributed by atoms with Crippen LogP contribution in [0.3, 0.4) is 0 Å². The first-order valence-corrected chi connectivity index (χ1v) is 6.98. The standard InChI is InChI=1S/C16H17N5O/c1-11-15(12(2)20(3)19-11)18-16(22)13-5-7-14(8-6-13)21-10-4-9-17-21/h4-10H,1-3H3,(H,18,22). The molecule has 0 unspecified atom stereocenters. The molecule has 3 aromatic rings. The van der Waals surface area contributed by atoms with Crippen LogP contribution >= 0.6 is 0 Å². The van der Waals surface area contributed by atoms with Gasteiger partial charge in [-0.15, -0.1) is 0 Å². The molecule has 112 valence electrons. The predicted octanol–water partition coefficient (Wildman–Crippen LogP) is 2.47. The minimum atomic E-state index is -0.147. The zero-order chi connectivity index (χ0) is 15.7. The number of anilines is 1. The highest BCUT2D eigenvalue weighted by Gasteiger charge is 2.13. The van der Waals surface area contributed by atoms with E-state index in [0.29, 0.717) is 5.56 Å². The highest BCUT2D eigenvalue weighted by atomic mass is 16.1. The van der Waals surface area contributed by atoms with E-state index in [9.17, 15) is 4.79 Å². The van der Waals surface area contributed by atoms with Crippen molar-refractivity contribution in [1.29, 1.82) is 0 Å². The fourth-order valence-electron chi connectivity index (χ4n) is 2.33. The van der Waals surface area contributed by atoms with Gasteiger partial charge < -0.3 is 5.32 Å². The van der Waals surface area contributed by atoms with Crippen molar-refractivity contribution < 1.29 is 4.79 Å². The lowest BCUT2D eigenvalue weighted by molar-refractivity contribution is 0.102. The number of nitrogens with zero attached hydrogens (tertiary/aromatic N) is 4. The van der Waals surface area contributed by atoms with Crippen LogP contribution in [0.2, 0.25) is 0 Å². The third kappa shape index (κ3) is 2.50. The van der Waals surface area contributed by atoms with Crippen molar-refractivity contribution in [2.75, 3.05) is 5.32 Å². The Morgan fingerprint density at radius 1 is 1.18 bits per heavy atom. The number of amides is 1.